The van der Waals surface area contributed by atoms with Crippen molar-refractivity contribution < 1.29 is 152 Å². The summed E-state index contributed by atoms with van der Waals surface area (Å²) in [4.78, 5) is 204. The highest BCUT2D eigenvalue weighted by Crippen LogP contribution is 2.30. The predicted molar refractivity (Wildman–Crippen MR) is 529 cm³/mol. The van der Waals surface area contributed by atoms with Gasteiger partial charge in [-0.3, -0.25) is 67.2 Å². The Hall–Kier alpha value is -9.37. The highest BCUT2D eigenvalue weighted by molar-refractivity contribution is 5.94. The number of hydrogen-bond acceptors (Lipinski definition) is 33. The number of carbonyl (C=O) groups excluding carboxylic acids is 15. The Bertz CT molecular complexity index is 3790. The monoisotopic (exact) mass is 2060 g/mol. The Morgan fingerprint density at radius 3 is 1.41 bits per heavy atom. The Balaban J connectivity index is 1.91. The molecule has 0 radical (unpaired) electrons. The molecule has 1 aromatic carbocycles. The number of ether oxygens (including phenoxy) is 17. The smallest absolute Gasteiger partial charge is 0.407 e. The zero-order valence-corrected chi connectivity index (χ0v) is 88.3. The fraction of sp³-hybridized carbons (Fsp3) is 0.786. The van der Waals surface area contributed by atoms with Gasteiger partial charge in [0.05, 0.1) is 247 Å². The summed E-state index contributed by atoms with van der Waals surface area (Å²) in [6.45, 7) is 27.1. The number of carbonyl (C=O) groups is 15. The van der Waals surface area contributed by atoms with Gasteiger partial charge in [-0.2, -0.15) is 0 Å². The summed E-state index contributed by atoms with van der Waals surface area (Å²) in [6, 6.07) is 4.36. The third-order valence-corrected chi connectivity index (χ3v) is 22.5. The molecular weight excluding hydrogens is 1890 g/mol. The molecule has 0 aromatic heterocycles. The molecule has 144 heavy (non-hydrogen) atoms. The minimum absolute atomic E-state index is 0.00819. The van der Waals surface area contributed by atoms with Gasteiger partial charge in [0, 0.05) is 93.2 Å². The van der Waals surface area contributed by atoms with Crippen molar-refractivity contribution in [2.45, 2.75) is 189 Å². The average Bonchev–Trinajstić information content (AvgIpc) is 1.65. The summed E-state index contributed by atoms with van der Waals surface area (Å²) >= 11 is 0. The number of rotatable bonds is 86. The second-order valence-corrected chi connectivity index (χ2v) is 36.6. The van der Waals surface area contributed by atoms with Crippen molar-refractivity contribution >= 4 is 88.7 Å². The highest BCUT2D eigenvalue weighted by atomic mass is 16.6. The molecule has 11 N–H and O–H groups in total. The van der Waals surface area contributed by atoms with Crippen LogP contribution in [0.5, 0.6) is 0 Å². The maximum Gasteiger partial charge on any atom is 0.407 e. The second kappa shape index (κ2) is 79.8. The van der Waals surface area contributed by atoms with Gasteiger partial charge in [0.15, 0.2) is 5.78 Å². The van der Waals surface area contributed by atoms with Gasteiger partial charge in [0.1, 0.15) is 24.7 Å². The van der Waals surface area contributed by atoms with Crippen molar-refractivity contribution in [1.82, 2.24) is 73.2 Å². The first-order valence-corrected chi connectivity index (χ1v) is 50.0. The van der Waals surface area contributed by atoms with Gasteiger partial charge in [0.25, 0.3) is 0 Å². The summed E-state index contributed by atoms with van der Waals surface area (Å²) in [7, 11) is 9.92. The number of alkyl carbamates (subject to hydrolysis) is 1. The number of likely N-dealkylation sites (tertiary alicyclic amines) is 1. The van der Waals surface area contributed by atoms with E-state index in [0.29, 0.717) is 151 Å². The average molecular weight is 2060 g/mol. The molecule has 1 saturated heterocycles. The van der Waals surface area contributed by atoms with Crippen molar-refractivity contribution in [3.8, 4) is 0 Å². The molecule has 1 heterocycles. The van der Waals surface area contributed by atoms with E-state index in [9.17, 15) is 71.9 Å². The van der Waals surface area contributed by atoms with Gasteiger partial charge in [-0.05, 0) is 69.0 Å². The molecule has 0 spiro atoms. The normalized spacial score (nSPS) is 14.7. The van der Waals surface area contributed by atoms with Crippen LogP contribution in [0, 0.1) is 35.0 Å². The van der Waals surface area contributed by atoms with E-state index in [4.69, 9.17) is 80.5 Å². The molecule has 46 nitrogen and oxygen atoms in total. The number of esters is 1. The number of amides is 13. The van der Waals surface area contributed by atoms with Crippen molar-refractivity contribution in [3.05, 3.63) is 35.9 Å². The minimum Gasteiger partial charge on any atom is -0.464 e. The SMILES string of the molecule is CC[C@H](C)[C@@H]([C@@H](CC(=O)N1CCC[C@H]1[C@H](OC)[C@@H](C)C(=O)N[C@@H](Cc1ccccc1)C(=O)NCCCOC(=O)[C@H](C)NC(=O)CCNC(=O)OC[C@H](CC(=O)CNC(=O)CNC(=O)CNC(=O)CNC(=O)CCNC(=O)CCOCC(C)(C)C)C(=O)NCCOCCOCCOCCOCCOCCOCCOCCOCCOCCOCCOCCOC)OC)N(C)C(=O)[C@@H](NC(=O)[C@H](C(C)C)N(C)C)C(C)C. The van der Waals surface area contributed by atoms with E-state index in [1.54, 1.807) is 43.0 Å². The highest BCUT2D eigenvalue weighted by Gasteiger charge is 2.44. The topological polar surface area (TPSA) is 555 Å². The van der Waals surface area contributed by atoms with Gasteiger partial charge in [-0.25, -0.2) is 9.59 Å². The summed E-state index contributed by atoms with van der Waals surface area (Å²) in [5.74, 6) is -10.5. The van der Waals surface area contributed by atoms with Gasteiger partial charge < -0.3 is 149 Å². The number of hydrogen-bond donors (Lipinski definition) is 11. The fourth-order valence-corrected chi connectivity index (χ4v) is 14.7. The fourth-order valence-electron chi connectivity index (χ4n) is 14.7. The van der Waals surface area contributed by atoms with Gasteiger partial charge in [0.2, 0.25) is 70.9 Å². The van der Waals surface area contributed by atoms with Crippen LogP contribution in [0.3, 0.4) is 0 Å². The zero-order valence-electron chi connectivity index (χ0n) is 88.3. The molecule has 0 unspecified atom stereocenters. The lowest BCUT2D eigenvalue weighted by Crippen LogP contribution is -2.59. The molecule has 1 aliphatic heterocycles. The first kappa shape index (κ1) is 131. The molecular formula is C98H172N14O32. The number of methoxy groups -OCH3 is 3. The van der Waals surface area contributed by atoms with Crippen LogP contribution in [-0.4, -0.2) is 432 Å². The van der Waals surface area contributed by atoms with E-state index in [0.717, 1.165) is 5.56 Å². The van der Waals surface area contributed by atoms with E-state index in [1.165, 1.54) is 21.1 Å². The standard InChI is InChI=1S/C98H172N14O32/c1-18-71(6)89(111(14)95(125)87(69(2)3)109-94(124)88(70(4)5)110(12)13)79(129-16)62-86(120)112-34-22-26-78(112)90(130-17)72(7)91(121)108-77(60-74-24-20-19-21-25-74)93(123)100-30-23-35-143-96(126)73(8)107-82(116)28-32-102-97(127)144-67-75(61-76(113)63-103-83(117)65-105-85(119)66-106-84(118)64-104-80(114)27-31-99-81(115)29-36-142-68-98(9,10)11)92(122)101-33-37-131-40-41-133-44-45-135-48-49-137-52-53-139-56-57-141-59-58-140-55-54-138-51-50-136-47-46-134-43-42-132-39-38-128-15/h19-21,24-25,69-73,75,77-79,87-90H,18,22-23,26-68H2,1-17H3,(H,99,115)(H,100,123)(H,101,122)(H,102,127)(H,103,117)(H,104,114)(H,105,119)(H,106,118)(H,107,116)(H,108,121)(H,109,124)/t71-,72+,73-,75-,77-,78-,79+,87-,88-,89-,90+/m0/s1. The second-order valence-electron chi connectivity index (χ2n) is 36.6. The van der Waals surface area contributed by atoms with Crippen LogP contribution in [-0.2, 0) is 154 Å². The Morgan fingerprint density at radius 2 is 0.931 bits per heavy atom. The number of likely N-dealkylation sites (N-methyl/N-ethyl adjacent to an activating group) is 2. The van der Waals surface area contributed by atoms with Crippen molar-refractivity contribution in [2.24, 2.45) is 35.0 Å². The van der Waals surface area contributed by atoms with E-state index in [1.807, 2.05) is 99.5 Å². The van der Waals surface area contributed by atoms with Gasteiger partial charge >= 0.3 is 12.1 Å². The van der Waals surface area contributed by atoms with Gasteiger partial charge in [-0.15, -0.1) is 0 Å². The van der Waals surface area contributed by atoms with Gasteiger partial charge in [-0.1, -0.05) is 106 Å². The minimum atomic E-state index is -1.31. The summed E-state index contributed by atoms with van der Waals surface area (Å²) in [6.07, 6.45) is -1.64. The Morgan fingerprint density at radius 1 is 0.451 bits per heavy atom. The van der Waals surface area contributed by atoms with Crippen LogP contribution in [0.2, 0.25) is 0 Å². The van der Waals surface area contributed by atoms with Crippen LogP contribution >= 0.6 is 0 Å². The van der Waals surface area contributed by atoms with Crippen molar-refractivity contribution in [1.29, 1.82) is 0 Å². The largest absolute Gasteiger partial charge is 0.464 e. The molecule has 2 rings (SSSR count). The maximum absolute atomic E-state index is 14.7. The maximum atomic E-state index is 14.7. The van der Waals surface area contributed by atoms with Crippen molar-refractivity contribution in [3.63, 3.8) is 0 Å². The van der Waals surface area contributed by atoms with Crippen LogP contribution in [0.4, 0.5) is 4.79 Å². The number of Topliss-reactive ketones (excluding diaryl/α,β-unsaturated/α-hetero) is 1. The number of nitrogens with zero attached hydrogens (tertiary/aromatic N) is 3. The lowest BCUT2D eigenvalue weighted by atomic mass is 9.89. The Kier molecular flexibility index (Phi) is 72.4. The summed E-state index contributed by atoms with van der Waals surface area (Å²) in [5.41, 5.74) is 0.690. The molecule has 0 saturated carbocycles. The lowest BCUT2D eigenvalue weighted by Gasteiger charge is -2.41. The molecule has 0 aliphatic carbocycles. The molecule has 13 amide bonds. The number of nitrogens with one attached hydrogen (secondary N) is 11. The first-order valence-electron chi connectivity index (χ1n) is 50.0. The van der Waals surface area contributed by atoms with E-state index in [-0.39, 0.29) is 158 Å². The summed E-state index contributed by atoms with van der Waals surface area (Å²) < 4.78 is 93.8. The van der Waals surface area contributed by atoms with Crippen molar-refractivity contribution in [2.75, 3.05) is 280 Å². The molecule has 46 heteroatoms. The van der Waals surface area contributed by atoms with Crippen LogP contribution in [0.1, 0.15) is 140 Å². The Labute approximate surface area is 850 Å². The molecule has 1 aliphatic rings. The van der Waals surface area contributed by atoms with E-state index >= 15 is 0 Å². The zero-order chi connectivity index (χ0) is 107. The van der Waals surface area contributed by atoms with Crippen LogP contribution in [0.15, 0.2) is 30.3 Å². The molecule has 1 aromatic rings. The van der Waals surface area contributed by atoms with E-state index < -0.39 is 165 Å². The van der Waals surface area contributed by atoms with Crippen LogP contribution < -0.4 is 58.5 Å². The molecule has 1 fully saturated rings. The lowest BCUT2D eigenvalue weighted by molar-refractivity contribution is -0.148. The van der Waals surface area contributed by atoms with Crippen LogP contribution in [0.25, 0.3) is 0 Å². The molecule has 826 valence electrons. The first-order chi connectivity index (χ1) is 68.9. The molecule has 11 atom stereocenters. The molecule has 0 bridgehead atoms. The summed E-state index contributed by atoms with van der Waals surface area (Å²) in [5, 5.41) is 28.2. The number of benzene rings is 1. The number of ketones is 1. The van der Waals surface area contributed by atoms with E-state index in [2.05, 4.69) is 58.5 Å². The predicted octanol–water partition coefficient (Wildman–Crippen LogP) is -0.0238. The quantitative estimate of drug-likeness (QED) is 0.0301. The third-order valence-electron chi connectivity index (χ3n) is 22.5. The third kappa shape index (κ3) is 61.3.